The van der Waals surface area contributed by atoms with Gasteiger partial charge in [-0.1, -0.05) is 45.0 Å². The standard InChI is InChI=1S/C14H22O2S/c1-14(2,3)17(4,5)16-11-13-8-6-12(10-15)7-9-13/h6-10H,11H2,1-5H3. The van der Waals surface area contributed by atoms with Crippen molar-refractivity contribution in [2.75, 3.05) is 12.5 Å². The van der Waals surface area contributed by atoms with Crippen LogP contribution in [0.4, 0.5) is 0 Å². The topological polar surface area (TPSA) is 26.3 Å². The minimum atomic E-state index is -1.08. The highest BCUT2D eigenvalue weighted by Crippen LogP contribution is 2.54. The van der Waals surface area contributed by atoms with Crippen molar-refractivity contribution < 1.29 is 8.98 Å². The van der Waals surface area contributed by atoms with Gasteiger partial charge in [0.15, 0.2) is 0 Å². The molecule has 0 saturated carbocycles. The molecule has 1 aromatic rings. The van der Waals surface area contributed by atoms with Crippen LogP contribution in [0.3, 0.4) is 0 Å². The smallest absolute Gasteiger partial charge is 0.150 e. The first-order chi connectivity index (χ1) is 7.76. The molecule has 0 saturated heterocycles. The third-order valence-electron chi connectivity index (χ3n) is 3.11. The van der Waals surface area contributed by atoms with Crippen molar-refractivity contribution in [1.29, 1.82) is 0 Å². The van der Waals surface area contributed by atoms with Crippen LogP contribution in [-0.2, 0) is 10.8 Å². The van der Waals surface area contributed by atoms with Crippen molar-refractivity contribution in [2.24, 2.45) is 0 Å². The summed E-state index contributed by atoms with van der Waals surface area (Å²) in [5, 5.41) is 0. The van der Waals surface area contributed by atoms with Gasteiger partial charge in [-0.15, -0.1) is 10.3 Å². The molecular weight excluding hydrogens is 232 g/mol. The average molecular weight is 254 g/mol. The van der Waals surface area contributed by atoms with E-state index >= 15 is 0 Å². The maximum Gasteiger partial charge on any atom is 0.150 e. The van der Waals surface area contributed by atoms with Crippen LogP contribution >= 0.6 is 10.3 Å². The quantitative estimate of drug-likeness (QED) is 0.764. The summed E-state index contributed by atoms with van der Waals surface area (Å²) in [7, 11) is -1.08. The molecule has 0 heterocycles. The van der Waals surface area contributed by atoms with E-state index in [4.69, 9.17) is 4.18 Å². The van der Waals surface area contributed by atoms with Gasteiger partial charge in [0, 0.05) is 10.3 Å². The lowest BCUT2D eigenvalue weighted by atomic mass is 10.2. The van der Waals surface area contributed by atoms with Gasteiger partial charge in [0.1, 0.15) is 6.29 Å². The fraction of sp³-hybridized carbons (Fsp3) is 0.500. The van der Waals surface area contributed by atoms with Crippen molar-refractivity contribution in [3.8, 4) is 0 Å². The fourth-order valence-electron chi connectivity index (χ4n) is 1.08. The molecule has 0 aromatic heterocycles. The lowest BCUT2D eigenvalue weighted by molar-refractivity contribution is 0.112. The second-order valence-corrected chi connectivity index (χ2v) is 9.39. The lowest BCUT2D eigenvalue weighted by Gasteiger charge is -2.43. The largest absolute Gasteiger partial charge is 0.332 e. The summed E-state index contributed by atoms with van der Waals surface area (Å²) in [4.78, 5) is 10.5. The normalized spacial score (nSPS) is 13.5. The first kappa shape index (κ1) is 14.3. The molecule has 0 amide bonds. The Morgan fingerprint density at radius 1 is 1.18 bits per heavy atom. The van der Waals surface area contributed by atoms with Crippen LogP contribution in [0.25, 0.3) is 0 Å². The molecule has 2 nitrogen and oxygen atoms in total. The molecule has 0 aliphatic carbocycles. The zero-order valence-electron chi connectivity index (χ0n) is 11.3. The molecular formula is C14H22O2S. The number of carbonyl (C=O) groups excluding carboxylic acids is 1. The maximum atomic E-state index is 10.5. The maximum absolute atomic E-state index is 10.5. The van der Waals surface area contributed by atoms with Gasteiger partial charge in [-0.25, -0.2) is 0 Å². The van der Waals surface area contributed by atoms with Gasteiger partial charge >= 0.3 is 0 Å². The highest BCUT2D eigenvalue weighted by atomic mass is 32.3. The molecule has 0 aliphatic heterocycles. The molecule has 0 unspecified atom stereocenters. The molecule has 0 spiro atoms. The van der Waals surface area contributed by atoms with Gasteiger partial charge < -0.3 is 4.18 Å². The molecule has 17 heavy (non-hydrogen) atoms. The Bertz CT molecular complexity index is 374. The first-order valence-corrected chi connectivity index (χ1v) is 8.05. The fourth-order valence-corrected chi connectivity index (χ4v) is 1.87. The van der Waals surface area contributed by atoms with Crippen molar-refractivity contribution >= 4 is 16.6 Å². The molecule has 1 rings (SSSR count). The number of aldehydes is 1. The Balaban J connectivity index is 2.64. The van der Waals surface area contributed by atoms with Crippen molar-refractivity contribution in [2.45, 2.75) is 32.1 Å². The SMILES string of the molecule is CC(C)(C)S(C)(C)OCc1ccc(C=O)cc1. The number of carbonyl (C=O) groups is 1. The summed E-state index contributed by atoms with van der Waals surface area (Å²) in [5.74, 6) is 0. The van der Waals surface area contributed by atoms with Crippen molar-refractivity contribution in [3.05, 3.63) is 35.4 Å². The molecule has 96 valence electrons. The van der Waals surface area contributed by atoms with E-state index in [9.17, 15) is 4.79 Å². The number of rotatable bonds is 4. The molecule has 3 heteroatoms. The van der Waals surface area contributed by atoms with Gasteiger partial charge in [-0.05, 0) is 18.1 Å². The van der Waals surface area contributed by atoms with E-state index in [0.29, 0.717) is 12.2 Å². The van der Waals surface area contributed by atoms with Gasteiger partial charge in [0.2, 0.25) is 0 Å². The van der Waals surface area contributed by atoms with Crippen LogP contribution in [0, 0.1) is 0 Å². The van der Waals surface area contributed by atoms with Gasteiger partial charge in [0.05, 0.1) is 6.61 Å². The van der Waals surface area contributed by atoms with Crippen molar-refractivity contribution in [1.82, 2.24) is 0 Å². The van der Waals surface area contributed by atoms with E-state index in [2.05, 4.69) is 33.3 Å². The third kappa shape index (κ3) is 3.86. The van der Waals surface area contributed by atoms with Crippen LogP contribution in [0.15, 0.2) is 24.3 Å². The summed E-state index contributed by atoms with van der Waals surface area (Å²) in [6.07, 6.45) is 5.23. The Hall–Kier alpha value is -0.800. The van der Waals surface area contributed by atoms with Gasteiger partial charge in [-0.3, -0.25) is 4.79 Å². The monoisotopic (exact) mass is 254 g/mol. The predicted octanol–water partition coefficient (Wildman–Crippen LogP) is 3.79. The van der Waals surface area contributed by atoms with E-state index in [1.807, 2.05) is 24.3 Å². The summed E-state index contributed by atoms with van der Waals surface area (Å²) in [5.41, 5.74) is 1.82. The third-order valence-corrected chi connectivity index (χ3v) is 6.77. The van der Waals surface area contributed by atoms with Crippen molar-refractivity contribution in [3.63, 3.8) is 0 Å². The van der Waals surface area contributed by atoms with Crippen LogP contribution in [0.2, 0.25) is 0 Å². The number of hydrogen-bond donors (Lipinski definition) is 0. The summed E-state index contributed by atoms with van der Waals surface area (Å²) >= 11 is 0. The predicted molar refractivity (Wildman–Crippen MR) is 75.8 cm³/mol. The number of benzene rings is 1. The van der Waals surface area contributed by atoms with Gasteiger partial charge in [0.25, 0.3) is 0 Å². The second-order valence-electron chi connectivity index (χ2n) is 5.47. The Kier molecular flexibility index (Phi) is 4.39. The average Bonchev–Trinajstić information content (AvgIpc) is 2.25. The highest BCUT2D eigenvalue weighted by Gasteiger charge is 2.28. The van der Waals surface area contributed by atoms with E-state index in [1.54, 1.807) is 0 Å². The summed E-state index contributed by atoms with van der Waals surface area (Å²) in [6, 6.07) is 7.54. The Morgan fingerprint density at radius 3 is 2.12 bits per heavy atom. The van der Waals surface area contributed by atoms with E-state index in [-0.39, 0.29) is 4.75 Å². The molecule has 0 N–H and O–H groups in total. The van der Waals surface area contributed by atoms with E-state index < -0.39 is 10.3 Å². The second kappa shape index (κ2) is 5.23. The lowest BCUT2D eigenvalue weighted by Crippen LogP contribution is -2.24. The first-order valence-electron chi connectivity index (χ1n) is 5.68. The molecule has 0 bridgehead atoms. The van der Waals surface area contributed by atoms with E-state index in [1.165, 1.54) is 0 Å². The molecule has 0 radical (unpaired) electrons. The zero-order valence-corrected chi connectivity index (χ0v) is 12.1. The summed E-state index contributed by atoms with van der Waals surface area (Å²) < 4.78 is 6.22. The number of hydrogen-bond acceptors (Lipinski definition) is 2. The van der Waals surface area contributed by atoms with Crippen LogP contribution in [0.5, 0.6) is 0 Å². The van der Waals surface area contributed by atoms with Crippen LogP contribution < -0.4 is 0 Å². The highest BCUT2D eigenvalue weighted by molar-refractivity contribution is 8.29. The van der Waals surface area contributed by atoms with Gasteiger partial charge in [-0.2, -0.15) is 0 Å². The zero-order chi connectivity index (χ0) is 13.1. The van der Waals surface area contributed by atoms with Crippen LogP contribution in [-0.4, -0.2) is 23.5 Å². The molecule has 0 fully saturated rings. The van der Waals surface area contributed by atoms with Crippen LogP contribution in [0.1, 0.15) is 36.7 Å². The Morgan fingerprint density at radius 2 is 1.71 bits per heavy atom. The van der Waals surface area contributed by atoms with E-state index in [0.717, 1.165) is 11.8 Å². The molecule has 1 aromatic carbocycles. The summed E-state index contributed by atoms with van der Waals surface area (Å²) in [6.45, 7) is 7.23. The minimum absolute atomic E-state index is 0.176. The molecule has 0 atom stereocenters. The molecule has 0 aliphatic rings. The Labute approximate surface area is 106 Å². The minimum Gasteiger partial charge on any atom is -0.332 e.